The number of amides is 2. The first-order valence-corrected chi connectivity index (χ1v) is 12.8. The topological polar surface area (TPSA) is 215 Å². The summed E-state index contributed by atoms with van der Waals surface area (Å²) in [7, 11) is 0. The maximum atomic E-state index is 13.2. The molecule has 0 saturated carbocycles. The number of aliphatic carboxylic acids is 2. The smallest absolute Gasteiger partial charge is 0.352 e. The van der Waals surface area contributed by atoms with Crippen molar-refractivity contribution in [3.05, 3.63) is 54.0 Å². The van der Waals surface area contributed by atoms with Gasteiger partial charge in [-0.15, -0.1) is 11.8 Å². The van der Waals surface area contributed by atoms with Crippen LogP contribution in [0.4, 0.5) is 6.01 Å². The van der Waals surface area contributed by atoms with Crippen molar-refractivity contribution < 1.29 is 47.6 Å². The number of pyridine rings is 1. The second kappa shape index (κ2) is 10.0. The van der Waals surface area contributed by atoms with E-state index < -0.39 is 46.5 Å². The Hall–Kier alpha value is -4.86. The fourth-order valence-electron chi connectivity index (χ4n) is 4.09. The number of anilines is 1. The number of oxazole rings is 1. The highest BCUT2D eigenvalue weighted by Crippen LogP contribution is 2.40. The third kappa shape index (κ3) is 4.84. The van der Waals surface area contributed by atoms with Crippen LogP contribution in [0, 0.1) is 0 Å². The van der Waals surface area contributed by atoms with Crippen LogP contribution in [0.15, 0.2) is 62.3 Å². The van der Waals surface area contributed by atoms with Gasteiger partial charge in [-0.05, 0) is 19.9 Å². The van der Waals surface area contributed by atoms with E-state index >= 15 is 0 Å². The number of nitrogens with two attached hydrogens (primary N) is 1. The molecule has 16 heteroatoms. The number of carboxylic acids is 2. The Kier molecular flexibility index (Phi) is 6.70. The molecule has 5 N–H and O–H groups in total. The summed E-state index contributed by atoms with van der Waals surface area (Å²) in [5, 5.41) is 25.6. The van der Waals surface area contributed by atoms with Crippen molar-refractivity contribution in [3.8, 4) is 0 Å². The number of furan rings is 1. The van der Waals surface area contributed by atoms with Crippen molar-refractivity contribution in [1.29, 1.82) is 0 Å². The highest BCUT2D eigenvalue weighted by atomic mass is 32.2. The molecule has 1 unspecified atom stereocenters. The van der Waals surface area contributed by atoms with Crippen LogP contribution in [0.3, 0.4) is 0 Å². The van der Waals surface area contributed by atoms with Gasteiger partial charge in [0.2, 0.25) is 5.60 Å². The molecule has 1 saturated heterocycles. The number of nitrogens with one attached hydrogen (secondary N) is 1. The van der Waals surface area contributed by atoms with E-state index in [2.05, 4.69) is 15.5 Å². The molecule has 5 rings (SSSR count). The molecular weight excluding hydrogens is 548 g/mol. The lowest BCUT2D eigenvalue weighted by molar-refractivity contribution is -0.687. The molecule has 5 heterocycles. The Morgan fingerprint density at radius 2 is 2.10 bits per heavy atom. The standard InChI is InChI=1S/C24H22N6O9S/c1-24(2,22(35)36)39-28-15(13-9-38-23(25)26-13)18(31)27-16-19(32)30-17(21(33)34)12(10-40-20(16)30)8-29-5-3-14-11(7-29)4-6-37-14/h3-7,9,16,20H,8,10H2,1-2H3,(H4-,25,26,27,31,33,34,35,36)/p+1/b28-15-/t16?,20-/m1/s1. The molecule has 3 aromatic heterocycles. The number of nitrogens with zero attached hydrogens (tertiary/aromatic N) is 4. The third-order valence-corrected chi connectivity index (χ3v) is 7.56. The van der Waals surface area contributed by atoms with E-state index in [-0.39, 0.29) is 29.7 Å². The van der Waals surface area contributed by atoms with E-state index in [9.17, 15) is 29.4 Å². The maximum Gasteiger partial charge on any atom is 0.352 e. The number of nitrogen functional groups attached to an aromatic ring is 1. The zero-order chi connectivity index (χ0) is 28.8. The second-order valence-corrected chi connectivity index (χ2v) is 10.5. The van der Waals surface area contributed by atoms with Gasteiger partial charge in [-0.2, -0.15) is 4.98 Å². The minimum atomic E-state index is -1.79. The monoisotopic (exact) mass is 571 g/mol. The van der Waals surface area contributed by atoms with Gasteiger partial charge in [0.25, 0.3) is 17.8 Å². The molecule has 2 atom stereocenters. The van der Waals surface area contributed by atoms with Crippen molar-refractivity contribution in [3.63, 3.8) is 0 Å². The summed E-state index contributed by atoms with van der Waals surface area (Å²) >= 11 is 1.29. The van der Waals surface area contributed by atoms with Crippen molar-refractivity contribution in [2.45, 2.75) is 37.4 Å². The lowest BCUT2D eigenvalue weighted by Crippen LogP contribution is -2.71. The van der Waals surface area contributed by atoms with Crippen molar-refractivity contribution in [1.82, 2.24) is 15.2 Å². The number of carbonyl (C=O) groups excluding carboxylic acids is 2. The van der Waals surface area contributed by atoms with Gasteiger partial charge in [-0.3, -0.25) is 14.5 Å². The van der Waals surface area contributed by atoms with E-state index in [0.717, 1.165) is 16.5 Å². The van der Waals surface area contributed by atoms with E-state index in [0.29, 0.717) is 11.2 Å². The number of rotatable bonds is 9. The first-order chi connectivity index (χ1) is 19.0. The van der Waals surface area contributed by atoms with Crippen LogP contribution in [0.2, 0.25) is 0 Å². The number of thioether (sulfide) groups is 1. The number of β-lactam (4-membered cyclic amide) rings is 1. The quantitative estimate of drug-likeness (QED) is 0.118. The molecule has 2 aliphatic heterocycles. The maximum absolute atomic E-state index is 13.2. The minimum Gasteiger partial charge on any atom is -0.478 e. The van der Waals surface area contributed by atoms with Crippen LogP contribution < -0.4 is 15.6 Å². The van der Waals surface area contributed by atoms with E-state index in [4.69, 9.17) is 19.4 Å². The average molecular weight is 572 g/mol. The van der Waals surface area contributed by atoms with Gasteiger partial charge in [0.15, 0.2) is 24.7 Å². The summed E-state index contributed by atoms with van der Waals surface area (Å²) in [6.45, 7) is 2.67. The fourth-order valence-corrected chi connectivity index (χ4v) is 5.43. The number of fused-ring (bicyclic) bond motifs is 2. The van der Waals surface area contributed by atoms with Crippen molar-refractivity contribution in [2.24, 2.45) is 5.16 Å². The van der Waals surface area contributed by atoms with Crippen molar-refractivity contribution >= 4 is 58.2 Å². The molecule has 15 nitrogen and oxygen atoms in total. The highest BCUT2D eigenvalue weighted by molar-refractivity contribution is 8.00. The Bertz CT molecular complexity index is 1610. The van der Waals surface area contributed by atoms with Gasteiger partial charge in [0.05, 0.1) is 11.6 Å². The largest absolute Gasteiger partial charge is 0.478 e. The average Bonchev–Trinajstić information content (AvgIpc) is 3.55. The summed E-state index contributed by atoms with van der Waals surface area (Å²) in [5.41, 5.74) is 4.12. The number of aromatic nitrogens is 2. The predicted octanol–water partition coefficient (Wildman–Crippen LogP) is 0.313. The van der Waals surface area contributed by atoms with Crippen molar-refractivity contribution in [2.75, 3.05) is 11.5 Å². The molecule has 40 heavy (non-hydrogen) atoms. The molecule has 0 spiro atoms. The number of carbonyl (C=O) groups is 4. The molecule has 0 aromatic carbocycles. The van der Waals surface area contributed by atoms with Gasteiger partial charge < -0.3 is 34.9 Å². The van der Waals surface area contributed by atoms with Crippen LogP contribution in [0.5, 0.6) is 0 Å². The first-order valence-electron chi connectivity index (χ1n) is 11.7. The minimum absolute atomic E-state index is 0.149. The normalized spacial score (nSPS) is 19.3. The summed E-state index contributed by atoms with van der Waals surface area (Å²) in [6, 6.07) is 2.17. The lowest BCUT2D eigenvalue weighted by Gasteiger charge is -2.49. The van der Waals surface area contributed by atoms with Gasteiger partial charge >= 0.3 is 11.9 Å². The molecule has 2 aliphatic rings. The number of carboxylic acid groups (broad SMARTS) is 2. The van der Waals surface area contributed by atoms with E-state index in [1.807, 2.05) is 6.20 Å². The summed E-state index contributed by atoms with van der Waals surface area (Å²) in [5.74, 6) is -3.89. The van der Waals surface area contributed by atoms with Crippen LogP contribution in [0.1, 0.15) is 19.5 Å². The summed E-state index contributed by atoms with van der Waals surface area (Å²) in [4.78, 5) is 59.9. The van der Waals surface area contributed by atoms with E-state index in [1.165, 1.54) is 25.6 Å². The number of hydrogen-bond acceptors (Lipinski definition) is 11. The molecule has 208 valence electrons. The Balaban J connectivity index is 1.36. The molecule has 2 amide bonds. The highest BCUT2D eigenvalue weighted by Gasteiger charge is 2.55. The SMILES string of the molecule is CC(C)(O/N=C(\C(=O)NC1C(=O)N2C(C(=O)O)=C(C[n+]3ccc4occc4c3)CS[C@H]12)c1coc(N)n1)C(=O)O. The predicted molar refractivity (Wildman–Crippen MR) is 136 cm³/mol. The van der Waals surface area contributed by atoms with Gasteiger partial charge in [0, 0.05) is 17.4 Å². The Morgan fingerprint density at radius 1 is 1.32 bits per heavy atom. The van der Waals surface area contributed by atoms with Gasteiger partial charge in [0.1, 0.15) is 34.7 Å². The van der Waals surface area contributed by atoms with Gasteiger partial charge in [-0.1, -0.05) is 5.16 Å². The van der Waals surface area contributed by atoms with Gasteiger partial charge in [-0.25, -0.2) is 14.2 Å². The third-order valence-electron chi connectivity index (χ3n) is 6.22. The van der Waals surface area contributed by atoms with Crippen LogP contribution in [-0.4, -0.2) is 72.3 Å². The zero-order valence-electron chi connectivity index (χ0n) is 21.1. The van der Waals surface area contributed by atoms with E-state index in [1.54, 1.807) is 29.2 Å². The van der Waals surface area contributed by atoms with Crippen LogP contribution >= 0.6 is 11.8 Å². The molecular formula is C24H23N6O9S+. The Labute approximate surface area is 229 Å². The van der Waals surface area contributed by atoms with Crippen LogP contribution in [0.25, 0.3) is 11.0 Å². The molecule has 0 bridgehead atoms. The molecule has 0 radical (unpaired) electrons. The lowest BCUT2D eigenvalue weighted by atomic mass is 10.0. The second-order valence-electron chi connectivity index (χ2n) is 9.39. The zero-order valence-corrected chi connectivity index (χ0v) is 21.9. The number of oxime groups is 1. The van der Waals surface area contributed by atoms with Crippen LogP contribution in [-0.2, 0) is 30.6 Å². The first kappa shape index (κ1) is 26.7. The summed E-state index contributed by atoms with van der Waals surface area (Å²) < 4.78 is 12.1. The fraction of sp³-hybridized carbons (Fsp3) is 0.292. The molecule has 0 aliphatic carbocycles. The summed E-state index contributed by atoms with van der Waals surface area (Å²) in [6.07, 6.45) is 6.14. The number of hydrogen-bond donors (Lipinski definition) is 4. The molecule has 1 fully saturated rings. The molecule has 3 aromatic rings. The Morgan fingerprint density at radius 3 is 2.77 bits per heavy atom.